The molecule has 0 saturated heterocycles. The molecule has 0 aromatic carbocycles. The van der Waals surface area contributed by atoms with Crippen LogP contribution in [0.25, 0.3) is 0 Å². The Labute approximate surface area is 173 Å². The first-order valence-electron chi connectivity index (χ1n) is 8.72. The summed E-state index contributed by atoms with van der Waals surface area (Å²) in [5.74, 6) is -1.30. The summed E-state index contributed by atoms with van der Waals surface area (Å²) in [5.41, 5.74) is 0.625. The van der Waals surface area contributed by atoms with Crippen LogP contribution in [0.5, 0.6) is 0 Å². The number of pyridine rings is 2. The summed E-state index contributed by atoms with van der Waals surface area (Å²) < 4.78 is 9.86. The van der Waals surface area contributed by atoms with Crippen LogP contribution < -0.4 is 10.6 Å². The maximum Gasteiger partial charge on any atom is 0.355 e. The Hall–Kier alpha value is -3.39. The van der Waals surface area contributed by atoms with Crippen molar-refractivity contribution in [3.05, 3.63) is 77.6 Å². The second-order valence-corrected chi connectivity index (χ2v) is 5.98. The van der Waals surface area contributed by atoms with Crippen molar-refractivity contribution in [1.29, 1.82) is 0 Å². The summed E-state index contributed by atoms with van der Waals surface area (Å²) in [6, 6.07) is 8.56. The Bertz CT molecular complexity index is 870. The zero-order valence-electron chi connectivity index (χ0n) is 16.0. The van der Waals surface area contributed by atoms with E-state index in [1.54, 1.807) is 49.5 Å². The third kappa shape index (κ3) is 6.93. The number of carbonyl (C=O) groups excluding carboxylic acids is 2. The number of hydrogen-bond acceptors (Lipinski definition) is 8. The molecule has 1 atom stereocenters. The van der Waals surface area contributed by atoms with Crippen LogP contribution in [-0.2, 0) is 19.1 Å². The molecule has 0 aliphatic heterocycles. The van der Waals surface area contributed by atoms with E-state index in [9.17, 15) is 9.59 Å². The smallest absolute Gasteiger partial charge is 0.355 e. The van der Waals surface area contributed by atoms with Crippen molar-refractivity contribution in [1.82, 2.24) is 15.3 Å². The Morgan fingerprint density at radius 1 is 1.24 bits per heavy atom. The molecular weight excluding hydrogens is 396 g/mol. The van der Waals surface area contributed by atoms with Gasteiger partial charge >= 0.3 is 11.9 Å². The van der Waals surface area contributed by atoms with E-state index in [1.807, 2.05) is 0 Å². The van der Waals surface area contributed by atoms with Crippen LogP contribution in [0.3, 0.4) is 0 Å². The molecule has 2 rings (SSSR count). The summed E-state index contributed by atoms with van der Waals surface area (Å²) >= 11 is 5.80. The second-order valence-electron chi connectivity index (χ2n) is 5.54. The molecule has 0 bridgehead atoms. The number of anilines is 1. The fraction of sp³-hybridized carbons (Fsp3) is 0.200. The number of ether oxygens (including phenoxy) is 2. The number of carbonyl (C=O) groups is 2. The number of rotatable bonds is 9. The largest absolute Gasteiger partial charge is 0.465 e. The van der Waals surface area contributed by atoms with E-state index in [2.05, 4.69) is 20.6 Å². The molecule has 2 aromatic heterocycles. The molecular formula is C20H21ClN4O4. The molecule has 0 radical (unpaired) electrons. The summed E-state index contributed by atoms with van der Waals surface area (Å²) in [7, 11) is 1.26. The molecule has 0 spiro atoms. The number of halogens is 1. The van der Waals surface area contributed by atoms with Crippen LogP contribution in [0.2, 0.25) is 5.02 Å². The van der Waals surface area contributed by atoms with E-state index in [4.69, 9.17) is 21.1 Å². The molecule has 0 saturated carbocycles. The Morgan fingerprint density at radius 2 is 2.07 bits per heavy atom. The Balaban J connectivity index is 2.15. The van der Waals surface area contributed by atoms with Gasteiger partial charge in [-0.2, -0.15) is 0 Å². The predicted octanol–water partition coefficient (Wildman–Crippen LogP) is 3.01. The summed E-state index contributed by atoms with van der Waals surface area (Å²) in [4.78, 5) is 32.5. The summed E-state index contributed by atoms with van der Waals surface area (Å²) in [5, 5.41) is 6.16. The fourth-order valence-corrected chi connectivity index (χ4v) is 2.31. The lowest BCUT2D eigenvalue weighted by Gasteiger charge is -2.12. The van der Waals surface area contributed by atoms with E-state index in [-0.39, 0.29) is 12.3 Å². The van der Waals surface area contributed by atoms with Crippen molar-refractivity contribution in [3.8, 4) is 0 Å². The predicted molar refractivity (Wildman–Crippen MR) is 109 cm³/mol. The minimum Gasteiger partial charge on any atom is -0.465 e. The van der Waals surface area contributed by atoms with Crippen LogP contribution in [0.1, 0.15) is 18.5 Å². The van der Waals surface area contributed by atoms with Crippen molar-refractivity contribution in [3.63, 3.8) is 0 Å². The number of methoxy groups -OCH3 is 1. The minimum absolute atomic E-state index is 0.101. The van der Waals surface area contributed by atoms with E-state index in [0.29, 0.717) is 16.5 Å². The topological polar surface area (TPSA) is 102 Å². The van der Waals surface area contributed by atoms with E-state index < -0.39 is 17.9 Å². The van der Waals surface area contributed by atoms with Gasteiger partial charge in [0.25, 0.3) is 0 Å². The highest BCUT2D eigenvalue weighted by molar-refractivity contribution is 6.30. The second kappa shape index (κ2) is 11.5. The Kier molecular flexibility index (Phi) is 8.65. The number of hydrogen-bond donors (Lipinski definition) is 2. The van der Waals surface area contributed by atoms with Crippen LogP contribution in [0, 0.1) is 0 Å². The Morgan fingerprint density at radius 3 is 2.69 bits per heavy atom. The van der Waals surface area contributed by atoms with Crippen LogP contribution >= 0.6 is 11.6 Å². The normalized spacial score (nSPS) is 12.3. The lowest BCUT2D eigenvalue weighted by molar-refractivity contribution is -0.143. The van der Waals surface area contributed by atoms with Gasteiger partial charge in [0.05, 0.1) is 24.4 Å². The third-order valence-corrected chi connectivity index (χ3v) is 3.80. The van der Waals surface area contributed by atoms with Crippen molar-refractivity contribution in [2.24, 2.45) is 0 Å². The number of esters is 2. The number of aromatic nitrogens is 2. The van der Waals surface area contributed by atoms with Crippen LogP contribution in [0.15, 0.2) is 66.9 Å². The average Bonchev–Trinajstić information content (AvgIpc) is 2.74. The molecule has 8 nitrogen and oxygen atoms in total. The van der Waals surface area contributed by atoms with E-state index >= 15 is 0 Å². The molecule has 0 aliphatic rings. The highest BCUT2D eigenvalue weighted by Gasteiger charge is 2.20. The maximum absolute atomic E-state index is 12.3. The molecule has 2 aromatic rings. The molecule has 29 heavy (non-hydrogen) atoms. The third-order valence-electron chi connectivity index (χ3n) is 3.57. The standard InChI is InChI=1S/C20H21ClN4O4/c1-3-29-19(26)15(16-6-4-5-10-22-16)9-11-23-17(20(27)28-2)13-25-18-8-7-14(21)12-24-18/h4-13,15,23H,3H2,1-2H3,(H,24,25)/b11-9+,17-13+. The molecule has 0 aliphatic carbocycles. The lowest BCUT2D eigenvalue weighted by Crippen LogP contribution is -2.20. The van der Waals surface area contributed by atoms with Gasteiger partial charge < -0.3 is 20.1 Å². The van der Waals surface area contributed by atoms with Gasteiger partial charge in [-0.1, -0.05) is 17.7 Å². The molecule has 9 heteroatoms. The maximum atomic E-state index is 12.3. The lowest BCUT2D eigenvalue weighted by atomic mass is 10.1. The van der Waals surface area contributed by atoms with Crippen LogP contribution in [0.4, 0.5) is 5.82 Å². The SMILES string of the molecule is CCOC(=O)C(/C=C/N/C(=C/Nc1ccc(Cl)cn1)C(=O)OC)c1ccccn1. The highest BCUT2D eigenvalue weighted by Crippen LogP contribution is 2.16. The van der Waals surface area contributed by atoms with E-state index in [1.165, 1.54) is 25.7 Å². The number of nitrogens with zero attached hydrogens (tertiary/aromatic N) is 2. The molecule has 2 N–H and O–H groups in total. The van der Waals surface area contributed by atoms with Crippen molar-refractivity contribution in [2.75, 3.05) is 19.0 Å². The zero-order valence-corrected chi connectivity index (χ0v) is 16.7. The molecule has 1 unspecified atom stereocenters. The number of nitrogens with one attached hydrogen (secondary N) is 2. The van der Waals surface area contributed by atoms with Crippen molar-refractivity contribution >= 4 is 29.4 Å². The van der Waals surface area contributed by atoms with E-state index in [0.717, 1.165) is 0 Å². The van der Waals surface area contributed by atoms with Gasteiger partial charge in [-0.3, -0.25) is 9.78 Å². The van der Waals surface area contributed by atoms with Gasteiger partial charge in [0.1, 0.15) is 17.4 Å². The molecule has 0 fully saturated rings. The van der Waals surface area contributed by atoms with Gasteiger partial charge in [0.2, 0.25) is 0 Å². The van der Waals surface area contributed by atoms with Gasteiger partial charge in [0.15, 0.2) is 0 Å². The van der Waals surface area contributed by atoms with Gasteiger partial charge in [-0.05, 0) is 43.5 Å². The molecule has 0 amide bonds. The van der Waals surface area contributed by atoms with Gasteiger partial charge in [0, 0.05) is 18.6 Å². The van der Waals surface area contributed by atoms with Gasteiger partial charge in [-0.15, -0.1) is 0 Å². The van der Waals surface area contributed by atoms with Gasteiger partial charge in [-0.25, -0.2) is 9.78 Å². The quantitative estimate of drug-likeness (QED) is 0.475. The summed E-state index contributed by atoms with van der Waals surface area (Å²) in [6.45, 7) is 1.97. The fourth-order valence-electron chi connectivity index (χ4n) is 2.20. The van der Waals surface area contributed by atoms with Crippen molar-refractivity contribution < 1.29 is 19.1 Å². The van der Waals surface area contributed by atoms with Crippen molar-refractivity contribution in [2.45, 2.75) is 12.8 Å². The minimum atomic E-state index is -0.728. The summed E-state index contributed by atoms with van der Waals surface area (Å²) in [6.07, 6.45) is 7.46. The zero-order chi connectivity index (χ0) is 21.1. The molecule has 152 valence electrons. The monoisotopic (exact) mass is 416 g/mol. The van der Waals surface area contributed by atoms with Crippen LogP contribution in [-0.4, -0.2) is 35.6 Å². The first-order chi connectivity index (χ1) is 14.0. The first-order valence-corrected chi connectivity index (χ1v) is 9.10. The highest BCUT2D eigenvalue weighted by atomic mass is 35.5. The molecule has 2 heterocycles. The first kappa shape index (κ1) is 21.9. The average molecular weight is 417 g/mol.